The van der Waals surface area contributed by atoms with Crippen LogP contribution in [0.25, 0.3) is 0 Å². The number of rotatable bonds is 6. The van der Waals surface area contributed by atoms with Crippen LogP contribution in [0.5, 0.6) is 0 Å². The van der Waals surface area contributed by atoms with Gasteiger partial charge in [0, 0.05) is 43.6 Å². The molecule has 5 N–H and O–H groups in total. The van der Waals surface area contributed by atoms with Crippen molar-refractivity contribution in [1.82, 2.24) is 24.3 Å². The maximum absolute atomic E-state index is 13.6. The number of nitrogens with zero attached hydrogens (tertiary/aromatic N) is 6. The molecule has 14 nitrogen and oxygen atoms in total. The maximum atomic E-state index is 13.6. The smallest absolute Gasteiger partial charge is 0.230 e. The molecule has 2 aliphatic carbocycles. The number of para-hydroxylation sites is 2. The van der Waals surface area contributed by atoms with Crippen molar-refractivity contribution in [3.05, 3.63) is 71.5 Å². The molecule has 0 radical (unpaired) electrons. The normalized spacial score (nSPS) is 21.5. The molecule has 4 aromatic rings. The Morgan fingerprint density at radius 3 is 1.80 bits per heavy atom. The van der Waals surface area contributed by atoms with E-state index in [0.29, 0.717) is 25.6 Å². The van der Waals surface area contributed by atoms with Crippen molar-refractivity contribution < 1.29 is 18.0 Å². The molecule has 4 aliphatic rings. The first kappa shape index (κ1) is 41.2. The van der Waals surface area contributed by atoms with E-state index in [2.05, 4.69) is 31.6 Å². The highest BCUT2D eigenvalue weighted by Gasteiger charge is 2.35. The Labute approximate surface area is 336 Å². The van der Waals surface area contributed by atoms with Gasteiger partial charge in [0.15, 0.2) is 0 Å². The number of aryl methyl sites for hydroxylation is 3. The molecule has 0 unspecified atom stereocenters. The first-order valence-corrected chi connectivity index (χ1v) is 21.3. The van der Waals surface area contributed by atoms with Gasteiger partial charge in [-0.2, -0.15) is 10.2 Å². The number of halogens is 1. The van der Waals surface area contributed by atoms with Crippen LogP contribution in [-0.4, -0.2) is 59.1 Å². The fourth-order valence-corrected chi connectivity index (χ4v) is 8.99. The summed E-state index contributed by atoms with van der Waals surface area (Å²) in [7, 11) is 0.632. The van der Waals surface area contributed by atoms with E-state index < -0.39 is 10.0 Å². The SMILES string of the molecule is Cc1ccc2c(c1)Nc1c(cnn1C)CN2C(=O)C1CCC(CNS(C)(=O)=O)CC1.Cl.Cn1ncc2c1Nc1ccccc1N(C(=O)C1CCC(CN)CC1)C2. The average molecular weight is 807 g/mol. The predicted octanol–water partition coefficient (Wildman–Crippen LogP) is 5.87. The molecular weight excluding hydrogens is 752 g/mol. The average Bonchev–Trinajstić information content (AvgIpc) is 3.57. The first-order chi connectivity index (χ1) is 26.4. The van der Waals surface area contributed by atoms with Crippen molar-refractivity contribution >= 4 is 68.6 Å². The lowest BCUT2D eigenvalue weighted by atomic mass is 9.81. The lowest BCUT2D eigenvalue weighted by Crippen LogP contribution is -2.38. The molecule has 16 heteroatoms. The summed E-state index contributed by atoms with van der Waals surface area (Å²) in [5.74, 6) is 3.12. The van der Waals surface area contributed by atoms with Gasteiger partial charge in [0.05, 0.1) is 54.5 Å². The molecule has 56 heavy (non-hydrogen) atoms. The zero-order chi connectivity index (χ0) is 38.9. The molecule has 2 aliphatic heterocycles. The highest BCUT2D eigenvalue weighted by molar-refractivity contribution is 7.88. The van der Waals surface area contributed by atoms with Crippen molar-refractivity contribution in [2.24, 2.45) is 43.5 Å². The van der Waals surface area contributed by atoms with E-state index >= 15 is 0 Å². The van der Waals surface area contributed by atoms with Crippen molar-refractivity contribution in [1.29, 1.82) is 0 Å². The molecule has 0 saturated heterocycles. The minimum absolute atomic E-state index is 0. The highest BCUT2D eigenvalue weighted by Crippen LogP contribution is 2.40. The summed E-state index contributed by atoms with van der Waals surface area (Å²) in [6.45, 7) is 4.27. The van der Waals surface area contributed by atoms with Crippen LogP contribution in [-0.2, 0) is 46.8 Å². The van der Waals surface area contributed by atoms with Crippen LogP contribution in [0.2, 0.25) is 0 Å². The molecule has 302 valence electrons. The molecule has 2 fully saturated rings. The van der Waals surface area contributed by atoms with Crippen LogP contribution >= 0.6 is 12.4 Å². The number of fused-ring (bicyclic) bond motifs is 4. The second-order valence-electron chi connectivity index (χ2n) is 15.7. The van der Waals surface area contributed by atoms with Crippen LogP contribution in [0.1, 0.15) is 68.1 Å². The molecule has 0 spiro atoms. The third-order valence-electron chi connectivity index (χ3n) is 11.7. The van der Waals surface area contributed by atoms with Gasteiger partial charge in [-0.3, -0.25) is 19.0 Å². The molecule has 2 aromatic carbocycles. The molecule has 2 aromatic heterocycles. The summed E-state index contributed by atoms with van der Waals surface area (Å²) in [4.78, 5) is 30.7. The lowest BCUT2D eigenvalue weighted by molar-refractivity contribution is -0.124. The quantitative estimate of drug-likeness (QED) is 0.186. The standard InChI is InChI=1S/C21H29N5O3S.C19H25N5O.ClH/c1-14-4-9-19-18(10-14)24-20-17(12-22-25(20)2)13-26(19)21(27)16-7-5-15(6-8-16)11-23-30(3,28)29;1-23-18-15(11-21-23)12-24(17-5-3-2-4-16(17)22-18)19(25)14-8-6-13(10-20)7-9-14;/h4,9-10,12,15-16,23-24H,5-8,11,13H2,1-3H3;2-5,11,13-14,22H,6-10,12,20H2,1H3;1H. The minimum atomic E-state index is -3.18. The van der Waals surface area contributed by atoms with Crippen LogP contribution in [0.15, 0.2) is 54.9 Å². The van der Waals surface area contributed by atoms with Gasteiger partial charge in [-0.25, -0.2) is 13.1 Å². The monoisotopic (exact) mass is 806 g/mol. The maximum Gasteiger partial charge on any atom is 0.230 e. The topological polar surface area (TPSA) is 173 Å². The van der Waals surface area contributed by atoms with Gasteiger partial charge < -0.3 is 26.2 Å². The van der Waals surface area contributed by atoms with Gasteiger partial charge in [0.1, 0.15) is 11.6 Å². The summed E-state index contributed by atoms with van der Waals surface area (Å²) in [6, 6.07) is 14.1. The number of nitrogens with one attached hydrogen (secondary N) is 3. The summed E-state index contributed by atoms with van der Waals surface area (Å²) < 4.78 is 28.9. The Morgan fingerprint density at radius 1 is 0.768 bits per heavy atom. The molecule has 2 amide bonds. The number of sulfonamides is 1. The van der Waals surface area contributed by atoms with Gasteiger partial charge >= 0.3 is 0 Å². The summed E-state index contributed by atoms with van der Waals surface area (Å²) >= 11 is 0. The fourth-order valence-electron chi connectivity index (χ4n) is 8.45. The first-order valence-electron chi connectivity index (χ1n) is 19.4. The second kappa shape index (κ2) is 17.4. The highest BCUT2D eigenvalue weighted by atomic mass is 35.5. The van der Waals surface area contributed by atoms with Gasteiger partial charge in [-0.05, 0) is 106 Å². The lowest BCUT2D eigenvalue weighted by Gasteiger charge is -2.32. The number of carbonyl (C=O) groups is 2. The minimum Gasteiger partial charge on any atom is -0.338 e. The van der Waals surface area contributed by atoms with E-state index in [0.717, 1.165) is 109 Å². The zero-order valence-electron chi connectivity index (χ0n) is 32.7. The Bertz CT molecular complexity index is 2140. The van der Waals surface area contributed by atoms with E-state index in [1.165, 1.54) is 6.26 Å². The van der Waals surface area contributed by atoms with Gasteiger partial charge in [0.25, 0.3) is 0 Å². The number of amides is 2. The Kier molecular flexibility index (Phi) is 12.8. The van der Waals surface area contributed by atoms with Crippen LogP contribution < -0.4 is 30.9 Å². The third kappa shape index (κ3) is 9.06. The molecular formula is C40H55ClN10O4S. The second-order valence-corrected chi connectivity index (χ2v) is 17.5. The Balaban J connectivity index is 0.000000189. The van der Waals surface area contributed by atoms with E-state index in [9.17, 15) is 18.0 Å². The van der Waals surface area contributed by atoms with E-state index in [4.69, 9.17) is 5.73 Å². The fraction of sp³-hybridized carbons (Fsp3) is 0.500. The number of hydrogen-bond acceptors (Lipinski definition) is 9. The number of nitrogens with two attached hydrogens (primary N) is 1. The summed E-state index contributed by atoms with van der Waals surface area (Å²) in [6.07, 6.45) is 12.1. The predicted molar refractivity (Wildman–Crippen MR) is 223 cm³/mol. The van der Waals surface area contributed by atoms with Crippen molar-refractivity contribution in [2.75, 3.05) is 39.8 Å². The van der Waals surface area contributed by atoms with Gasteiger partial charge in [-0.15, -0.1) is 12.4 Å². The van der Waals surface area contributed by atoms with E-state index in [1.807, 2.05) is 84.3 Å². The number of aromatic nitrogens is 4. The van der Waals surface area contributed by atoms with Crippen molar-refractivity contribution in [3.63, 3.8) is 0 Å². The largest absolute Gasteiger partial charge is 0.338 e. The summed E-state index contributed by atoms with van der Waals surface area (Å²) in [5, 5.41) is 15.6. The number of anilines is 6. The number of carbonyl (C=O) groups excluding carboxylic acids is 2. The Morgan fingerprint density at radius 2 is 1.27 bits per heavy atom. The van der Waals surface area contributed by atoms with E-state index in [1.54, 1.807) is 4.68 Å². The molecule has 0 atom stereocenters. The summed E-state index contributed by atoms with van der Waals surface area (Å²) in [5.41, 5.74) is 12.7. The van der Waals surface area contributed by atoms with Crippen LogP contribution in [0.4, 0.5) is 34.4 Å². The zero-order valence-corrected chi connectivity index (χ0v) is 34.3. The van der Waals surface area contributed by atoms with E-state index in [-0.39, 0.29) is 42.0 Å². The molecule has 2 saturated carbocycles. The molecule has 0 bridgehead atoms. The van der Waals surface area contributed by atoms with Gasteiger partial charge in [0.2, 0.25) is 21.8 Å². The molecule has 4 heterocycles. The van der Waals surface area contributed by atoms with Crippen molar-refractivity contribution in [2.45, 2.75) is 71.4 Å². The number of benzene rings is 2. The van der Waals surface area contributed by atoms with Gasteiger partial charge in [-0.1, -0.05) is 18.2 Å². The Hall–Kier alpha value is -4.44. The van der Waals surface area contributed by atoms with Crippen LogP contribution in [0, 0.1) is 30.6 Å². The van der Waals surface area contributed by atoms with Crippen molar-refractivity contribution in [3.8, 4) is 0 Å². The third-order valence-corrected chi connectivity index (χ3v) is 12.4. The number of hydrogen-bond donors (Lipinski definition) is 4. The van der Waals surface area contributed by atoms with Crippen LogP contribution in [0.3, 0.4) is 0 Å². The molecule has 8 rings (SSSR count).